The van der Waals surface area contributed by atoms with Crippen LogP contribution in [0.15, 0.2) is 28.8 Å². The summed E-state index contributed by atoms with van der Waals surface area (Å²) in [6, 6.07) is 7.14. The van der Waals surface area contributed by atoms with Crippen molar-refractivity contribution >= 4 is 32.9 Å². The van der Waals surface area contributed by atoms with Gasteiger partial charge in [0.2, 0.25) is 0 Å². The summed E-state index contributed by atoms with van der Waals surface area (Å²) in [6.45, 7) is 0. The molecule has 14 heavy (non-hydrogen) atoms. The minimum absolute atomic E-state index is 0.396. The summed E-state index contributed by atoms with van der Waals surface area (Å²) in [5.74, 6) is -0.982. The minimum atomic E-state index is -0.982. The molecule has 72 valence electrons. The van der Waals surface area contributed by atoms with Crippen molar-refractivity contribution in [3.63, 3.8) is 0 Å². The van der Waals surface area contributed by atoms with Gasteiger partial charge in [-0.1, -0.05) is 33.2 Å². The molecule has 1 atom stereocenters. The van der Waals surface area contributed by atoms with Crippen LogP contribution in [0.4, 0.5) is 0 Å². The second-order valence-electron chi connectivity index (χ2n) is 2.76. The molecule has 0 saturated carbocycles. The number of rotatable bonds is 2. The normalized spacial score (nSPS) is 12.9. The van der Waals surface area contributed by atoms with Crippen molar-refractivity contribution in [3.8, 4) is 0 Å². The van der Waals surface area contributed by atoms with Gasteiger partial charge in [-0.25, -0.2) is 0 Å². The van der Waals surface area contributed by atoms with Crippen molar-refractivity contribution in [3.05, 3.63) is 30.0 Å². The summed E-state index contributed by atoms with van der Waals surface area (Å²) in [6.07, 6.45) is 0. The van der Waals surface area contributed by atoms with Gasteiger partial charge >= 0.3 is 5.97 Å². The molecule has 1 aromatic carbocycles. The van der Waals surface area contributed by atoms with Crippen LogP contribution in [0.1, 0.15) is 10.5 Å². The van der Waals surface area contributed by atoms with Crippen molar-refractivity contribution in [2.24, 2.45) is 0 Å². The van der Waals surface area contributed by atoms with Gasteiger partial charge < -0.3 is 9.63 Å². The van der Waals surface area contributed by atoms with Gasteiger partial charge in [-0.3, -0.25) is 4.79 Å². The van der Waals surface area contributed by atoms with E-state index in [2.05, 4.69) is 21.1 Å². The van der Waals surface area contributed by atoms with Crippen LogP contribution in [0.3, 0.4) is 0 Å². The molecular weight excluding hydrogens is 252 g/mol. The van der Waals surface area contributed by atoms with E-state index in [1.165, 1.54) is 0 Å². The summed E-state index contributed by atoms with van der Waals surface area (Å²) >= 11 is 3.03. The SMILES string of the molecule is O=C(O)[13CH](Br)[13c]1noc2ccccc21. The molecule has 1 N–H and O–H groups in total. The molecule has 1 heterocycles. The van der Waals surface area contributed by atoms with E-state index in [0.717, 1.165) is 5.39 Å². The quantitative estimate of drug-likeness (QED) is 0.663. The third-order valence-electron chi connectivity index (χ3n) is 1.86. The lowest BCUT2D eigenvalue weighted by Gasteiger charge is -1.98. The summed E-state index contributed by atoms with van der Waals surface area (Å²) in [5, 5.41) is 13.2. The molecule has 5 heteroatoms. The largest absolute Gasteiger partial charge is 0.480 e. The van der Waals surface area contributed by atoms with Gasteiger partial charge in [0.1, 0.15) is 5.69 Å². The maximum atomic E-state index is 10.7. The number of carboxylic acids is 1. The van der Waals surface area contributed by atoms with Gasteiger partial charge in [0.25, 0.3) is 0 Å². The monoisotopic (exact) mass is 257 g/mol. The number of fused-ring (bicyclic) bond motifs is 1. The summed E-state index contributed by atoms with van der Waals surface area (Å²) in [7, 11) is 0. The zero-order chi connectivity index (χ0) is 10.1. The average Bonchev–Trinajstić information content (AvgIpc) is 2.60. The molecule has 0 amide bonds. The Labute approximate surface area is 87.6 Å². The molecule has 4 nitrogen and oxygen atoms in total. The number of halogens is 1. The van der Waals surface area contributed by atoms with E-state index in [9.17, 15) is 4.79 Å². The maximum Gasteiger partial charge on any atom is 0.323 e. The molecule has 0 aliphatic heterocycles. The molecule has 0 bridgehead atoms. The number of carbonyl (C=O) groups is 1. The second kappa shape index (κ2) is 3.42. The fourth-order valence-corrected chi connectivity index (χ4v) is 1.54. The maximum absolute atomic E-state index is 10.7. The van der Waals surface area contributed by atoms with E-state index < -0.39 is 10.8 Å². The molecule has 0 fully saturated rings. The molecule has 2 rings (SSSR count). The first-order valence-corrected chi connectivity index (χ1v) is 4.83. The van der Waals surface area contributed by atoms with E-state index in [1.54, 1.807) is 18.2 Å². The lowest BCUT2D eigenvalue weighted by molar-refractivity contribution is -0.136. The van der Waals surface area contributed by atoms with Crippen LogP contribution in [0.5, 0.6) is 0 Å². The number of hydrogen-bond acceptors (Lipinski definition) is 3. The molecule has 2 aromatic rings. The highest BCUT2D eigenvalue weighted by molar-refractivity contribution is 9.09. The standard InChI is InChI=1S/C9H6BrNO3/c10-7(9(12)13)8-5-3-1-2-4-6(5)14-11-8/h1-4,7H,(H,12,13)/i7+1,8+1. The van der Waals surface area contributed by atoms with Gasteiger partial charge in [-0.05, 0) is 12.1 Å². The van der Waals surface area contributed by atoms with E-state index in [1.807, 2.05) is 6.07 Å². The van der Waals surface area contributed by atoms with Crippen LogP contribution < -0.4 is 0 Å². The van der Waals surface area contributed by atoms with Crippen LogP contribution >= 0.6 is 15.9 Å². The third-order valence-corrected chi connectivity index (χ3v) is 2.69. The first-order chi connectivity index (χ1) is 6.70. The fourth-order valence-electron chi connectivity index (χ4n) is 1.21. The molecule has 1 unspecified atom stereocenters. The Morgan fingerprint density at radius 3 is 2.93 bits per heavy atom. The summed E-state index contributed by atoms with van der Waals surface area (Å²) in [5.41, 5.74) is 0.987. The Hall–Kier alpha value is -1.36. The Balaban J connectivity index is 2.58. The smallest absolute Gasteiger partial charge is 0.323 e. The van der Waals surface area contributed by atoms with Crippen molar-refractivity contribution < 1.29 is 14.4 Å². The zero-order valence-electron chi connectivity index (χ0n) is 6.98. The topological polar surface area (TPSA) is 63.3 Å². The number of aliphatic carboxylic acids is 1. The highest BCUT2D eigenvalue weighted by Crippen LogP contribution is 2.28. The van der Waals surface area contributed by atoms with Crippen molar-refractivity contribution in [1.82, 2.24) is 5.16 Å². The van der Waals surface area contributed by atoms with Crippen LogP contribution in [-0.4, -0.2) is 16.2 Å². The van der Waals surface area contributed by atoms with Gasteiger partial charge in [0, 0.05) is 5.39 Å². The third kappa shape index (κ3) is 1.39. The Morgan fingerprint density at radius 2 is 2.21 bits per heavy atom. The van der Waals surface area contributed by atoms with E-state index >= 15 is 0 Å². The fraction of sp³-hybridized carbons (Fsp3) is 0.111. The van der Waals surface area contributed by atoms with Crippen molar-refractivity contribution in [1.29, 1.82) is 0 Å². The zero-order valence-corrected chi connectivity index (χ0v) is 8.56. The molecule has 0 saturated heterocycles. The van der Waals surface area contributed by atoms with Crippen molar-refractivity contribution in [2.45, 2.75) is 4.83 Å². The van der Waals surface area contributed by atoms with Gasteiger partial charge in [0.05, 0.1) is 0 Å². The van der Waals surface area contributed by atoms with Crippen molar-refractivity contribution in [2.75, 3.05) is 0 Å². The lowest BCUT2D eigenvalue weighted by Crippen LogP contribution is -2.04. The minimum Gasteiger partial charge on any atom is -0.480 e. The highest BCUT2D eigenvalue weighted by Gasteiger charge is 2.22. The number of aromatic nitrogens is 1. The van der Waals surface area contributed by atoms with E-state index in [0.29, 0.717) is 11.3 Å². The van der Waals surface area contributed by atoms with Crippen LogP contribution in [0.2, 0.25) is 0 Å². The lowest BCUT2D eigenvalue weighted by atomic mass is 10.3. The Bertz CT molecular complexity index is 480. The molecule has 0 aliphatic rings. The van der Waals surface area contributed by atoms with Gasteiger partial charge in [0.15, 0.2) is 10.4 Å². The first kappa shape index (κ1) is 9.21. The Morgan fingerprint density at radius 1 is 1.50 bits per heavy atom. The van der Waals surface area contributed by atoms with Gasteiger partial charge in [-0.2, -0.15) is 0 Å². The molecule has 1 aromatic heterocycles. The van der Waals surface area contributed by atoms with E-state index in [4.69, 9.17) is 9.63 Å². The second-order valence-corrected chi connectivity index (χ2v) is 3.68. The predicted octanol–water partition coefficient (Wildman–Crippen LogP) is 2.35. The number of hydrogen-bond donors (Lipinski definition) is 1. The van der Waals surface area contributed by atoms with Crippen LogP contribution in [0, 0.1) is 0 Å². The molecule has 0 radical (unpaired) electrons. The molecular formula is C9H6BrNO3. The predicted molar refractivity (Wildman–Crippen MR) is 53.3 cm³/mol. The molecule has 0 spiro atoms. The number of benzene rings is 1. The molecule has 0 aliphatic carbocycles. The summed E-state index contributed by atoms with van der Waals surface area (Å²) < 4.78 is 4.98. The van der Waals surface area contributed by atoms with Crippen LogP contribution in [0.25, 0.3) is 11.0 Å². The average molecular weight is 258 g/mol. The Kier molecular flexibility index (Phi) is 2.25. The van der Waals surface area contributed by atoms with Gasteiger partial charge in [-0.15, -0.1) is 0 Å². The number of carboxylic acid groups (broad SMARTS) is 1. The number of nitrogens with zero attached hydrogens (tertiary/aromatic N) is 1. The van der Waals surface area contributed by atoms with Crippen LogP contribution in [-0.2, 0) is 4.79 Å². The summed E-state index contributed by atoms with van der Waals surface area (Å²) in [4.78, 5) is 9.89. The highest BCUT2D eigenvalue weighted by atomic mass is 79.9. The van der Waals surface area contributed by atoms with E-state index in [-0.39, 0.29) is 0 Å². The number of alkyl halides is 1. The first-order valence-electron chi connectivity index (χ1n) is 3.91. The number of para-hydroxylation sites is 1.